The van der Waals surface area contributed by atoms with Crippen LogP contribution < -0.4 is 10.6 Å². The predicted octanol–water partition coefficient (Wildman–Crippen LogP) is 1.20. The molecule has 0 saturated carbocycles. The second-order valence-corrected chi connectivity index (χ2v) is 4.36. The highest BCUT2D eigenvalue weighted by atomic mass is 15.1. The Bertz CT molecular complexity index is 331. The fraction of sp³-hybridized carbons (Fsp3) is 0.636. The highest BCUT2D eigenvalue weighted by molar-refractivity contribution is 5.38. The molecule has 2 heterocycles. The Morgan fingerprint density at radius 3 is 3.07 bits per heavy atom. The van der Waals surface area contributed by atoms with Crippen LogP contribution in [0, 0.1) is 0 Å². The van der Waals surface area contributed by atoms with Gasteiger partial charge < -0.3 is 10.6 Å². The van der Waals surface area contributed by atoms with Crippen LogP contribution in [0.2, 0.25) is 0 Å². The molecular formula is C11H18N4. The molecule has 0 radical (unpaired) electrons. The highest BCUT2D eigenvalue weighted by Gasteiger charge is 2.28. The van der Waals surface area contributed by atoms with E-state index in [1.807, 2.05) is 6.07 Å². The Morgan fingerprint density at radius 1 is 1.53 bits per heavy atom. The molecule has 1 aliphatic heterocycles. The van der Waals surface area contributed by atoms with Gasteiger partial charge >= 0.3 is 0 Å². The van der Waals surface area contributed by atoms with Gasteiger partial charge in [0.2, 0.25) is 0 Å². The summed E-state index contributed by atoms with van der Waals surface area (Å²) < 4.78 is 0. The first kappa shape index (κ1) is 10.4. The number of rotatable bonds is 3. The van der Waals surface area contributed by atoms with Gasteiger partial charge in [-0.15, -0.1) is 0 Å². The summed E-state index contributed by atoms with van der Waals surface area (Å²) in [6, 6.07) is 2.03. The van der Waals surface area contributed by atoms with Crippen molar-refractivity contribution < 1.29 is 0 Å². The maximum atomic E-state index is 4.25. The average Bonchev–Trinajstić information content (AvgIpc) is 2.65. The number of nitrogens with one attached hydrogen (secondary N) is 2. The van der Waals surface area contributed by atoms with Gasteiger partial charge in [-0.05, 0) is 26.3 Å². The minimum Gasteiger partial charge on any atom is -0.363 e. The normalized spacial score (nSPS) is 25.5. The second kappa shape index (κ2) is 4.14. The molecule has 1 aromatic rings. The first-order valence-electron chi connectivity index (χ1n) is 5.52. The van der Waals surface area contributed by atoms with Crippen molar-refractivity contribution in [2.24, 2.45) is 0 Å². The molecule has 0 aliphatic carbocycles. The Kier molecular flexibility index (Phi) is 2.86. The monoisotopic (exact) mass is 206 g/mol. The largest absolute Gasteiger partial charge is 0.363 e. The van der Waals surface area contributed by atoms with Crippen LogP contribution in [0.15, 0.2) is 12.4 Å². The van der Waals surface area contributed by atoms with E-state index in [0.29, 0.717) is 0 Å². The van der Waals surface area contributed by atoms with Crippen molar-refractivity contribution in [2.45, 2.75) is 32.2 Å². The molecule has 15 heavy (non-hydrogen) atoms. The Labute approximate surface area is 90.5 Å². The Hall–Kier alpha value is -1.16. The molecule has 1 unspecified atom stereocenters. The quantitative estimate of drug-likeness (QED) is 0.780. The van der Waals surface area contributed by atoms with E-state index >= 15 is 0 Å². The molecule has 0 amide bonds. The van der Waals surface area contributed by atoms with E-state index in [9.17, 15) is 0 Å². The molecule has 4 nitrogen and oxygen atoms in total. The lowest BCUT2D eigenvalue weighted by Crippen LogP contribution is -2.37. The zero-order chi connectivity index (χ0) is 10.7. The summed E-state index contributed by atoms with van der Waals surface area (Å²) in [6.07, 6.45) is 3.72. The van der Waals surface area contributed by atoms with Gasteiger partial charge in [0.1, 0.15) is 12.1 Å². The van der Waals surface area contributed by atoms with Crippen LogP contribution in [0.5, 0.6) is 0 Å². The fourth-order valence-electron chi connectivity index (χ4n) is 1.89. The number of hydrogen-bond donors (Lipinski definition) is 2. The van der Waals surface area contributed by atoms with Crippen LogP contribution in [0.4, 0.5) is 5.82 Å². The van der Waals surface area contributed by atoms with Crippen molar-refractivity contribution in [1.29, 1.82) is 0 Å². The van der Waals surface area contributed by atoms with Gasteiger partial charge in [0.25, 0.3) is 0 Å². The van der Waals surface area contributed by atoms with Gasteiger partial charge in [0, 0.05) is 23.8 Å². The molecule has 2 rings (SSSR count). The molecule has 4 heteroatoms. The summed E-state index contributed by atoms with van der Waals surface area (Å²) in [5, 5.41) is 6.83. The first-order chi connectivity index (χ1) is 7.22. The zero-order valence-electron chi connectivity index (χ0n) is 9.38. The maximum Gasteiger partial charge on any atom is 0.130 e. The van der Waals surface area contributed by atoms with Crippen LogP contribution in [0.3, 0.4) is 0 Å². The minimum absolute atomic E-state index is 0.138. The van der Waals surface area contributed by atoms with E-state index in [2.05, 4.69) is 34.4 Å². The van der Waals surface area contributed by atoms with E-state index in [0.717, 1.165) is 37.4 Å². The number of aromatic nitrogens is 2. The number of anilines is 1. The molecule has 0 aromatic carbocycles. The van der Waals surface area contributed by atoms with Crippen molar-refractivity contribution in [1.82, 2.24) is 15.3 Å². The smallest absolute Gasteiger partial charge is 0.130 e. The van der Waals surface area contributed by atoms with Gasteiger partial charge in [-0.2, -0.15) is 0 Å². The number of hydrogen-bond acceptors (Lipinski definition) is 4. The van der Waals surface area contributed by atoms with Crippen LogP contribution >= 0.6 is 0 Å². The average molecular weight is 206 g/mol. The van der Waals surface area contributed by atoms with Gasteiger partial charge in [-0.3, -0.25) is 0 Å². The third kappa shape index (κ3) is 2.45. The summed E-state index contributed by atoms with van der Waals surface area (Å²) >= 11 is 0. The van der Waals surface area contributed by atoms with Crippen LogP contribution in [0.1, 0.15) is 26.0 Å². The summed E-state index contributed by atoms with van der Waals surface area (Å²) in [6.45, 7) is 6.40. The van der Waals surface area contributed by atoms with Gasteiger partial charge in [0.15, 0.2) is 0 Å². The molecular weight excluding hydrogens is 188 g/mol. The first-order valence-corrected chi connectivity index (χ1v) is 5.52. The molecule has 1 aromatic heterocycles. The van der Waals surface area contributed by atoms with Crippen LogP contribution in [0.25, 0.3) is 0 Å². The molecule has 1 saturated heterocycles. The van der Waals surface area contributed by atoms with Gasteiger partial charge in [-0.1, -0.05) is 6.92 Å². The van der Waals surface area contributed by atoms with E-state index < -0.39 is 0 Å². The van der Waals surface area contributed by atoms with Crippen molar-refractivity contribution in [2.75, 3.05) is 18.4 Å². The molecule has 1 aliphatic rings. The van der Waals surface area contributed by atoms with E-state index in [4.69, 9.17) is 0 Å². The third-order valence-electron chi connectivity index (χ3n) is 2.88. The number of nitrogens with zero attached hydrogens (tertiary/aromatic N) is 2. The second-order valence-electron chi connectivity index (χ2n) is 4.36. The predicted molar refractivity (Wildman–Crippen MR) is 60.9 cm³/mol. The molecule has 1 fully saturated rings. The SMILES string of the molecule is CCc1cc(NC2(C)CCNC2)ncn1. The fourth-order valence-corrected chi connectivity index (χ4v) is 1.89. The lowest BCUT2D eigenvalue weighted by Gasteiger charge is -2.25. The zero-order valence-corrected chi connectivity index (χ0v) is 9.38. The summed E-state index contributed by atoms with van der Waals surface area (Å²) in [4.78, 5) is 8.43. The summed E-state index contributed by atoms with van der Waals surface area (Å²) in [5.74, 6) is 0.938. The summed E-state index contributed by atoms with van der Waals surface area (Å²) in [7, 11) is 0. The molecule has 82 valence electrons. The molecule has 2 N–H and O–H groups in total. The van der Waals surface area contributed by atoms with Crippen molar-refractivity contribution in [3.05, 3.63) is 18.1 Å². The minimum atomic E-state index is 0.138. The van der Waals surface area contributed by atoms with E-state index in [1.165, 1.54) is 0 Å². The highest BCUT2D eigenvalue weighted by Crippen LogP contribution is 2.19. The Balaban J connectivity index is 2.09. The lowest BCUT2D eigenvalue weighted by molar-refractivity contribution is 0.564. The van der Waals surface area contributed by atoms with E-state index in [-0.39, 0.29) is 5.54 Å². The Morgan fingerprint density at radius 2 is 2.40 bits per heavy atom. The topological polar surface area (TPSA) is 49.8 Å². The van der Waals surface area contributed by atoms with Crippen LogP contribution in [-0.2, 0) is 6.42 Å². The molecule has 0 spiro atoms. The van der Waals surface area contributed by atoms with Gasteiger partial charge in [-0.25, -0.2) is 9.97 Å². The van der Waals surface area contributed by atoms with Gasteiger partial charge in [0.05, 0.1) is 0 Å². The lowest BCUT2D eigenvalue weighted by atomic mass is 10.0. The van der Waals surface area contributed by atoms with E-state index in [1.54, 1.807) is 6.33 Å². The standard InChI is InChI=1S/C11H18N4/c1-3-9-6-10(14-8-13-9)15-11(2)4-5-12-7-11/h6,8,12H,3-5,7H2,1-2H3,(H,13,14,15). The summed E-state index contributed by atoms with van der Waals surface area (Å²) in [5.41, 5.74) is 1.22. The van der Waals surface area contributed by atoms with Crippen molar-refractivity contribution in [3.8, 4) is 0 Å². The van der Waals surface area contributed by atoms with Crippen molar-refractivity contribution >= 4 is 5.82 Å². The van der Waals surface area contributed by atoms with Crippen LogP contribution in [-0.4, -0.2) is 28.6 Å². The molecule has 0 bridgehead atoms. The maximum absolute atomic E-state index is 4.25. The number of aryl methyl sites for hydroxylation is 1. The van der Waals surface area contributed by atoms with Crippen molar-refractivity contribution in [3.63, 3.8) is 0 Å². The molecule has 1 atom stereocenters. The third-order valence-corrected chi connectivity index (χ3v) is 2.88.